The Kier molecular flexibility index (Phi) is 3.09. The van der Waals surface area contributed by atoms with Crippen molar-refractivity contribution in [1.82, 2.24) is 9.97 Å². The lowest BCUT2D eigenvalue weighted by Gasteiger charge is -2.06. The number of fused-ring (bicyclic) bond motifs is 1. The van der Waals surface area contributed by atoms with E-state index in [1.165, 1.54) is 12.1 Å². The average molecular weight is 276 g/mol. The van der Waals surface area contributed by atoms with Crippen LogP contribution in [0.4, 0.5) is 16.0 Å². The molecule has 3 aromatic rings. The summed E-state index contributed by atoms with van der Waals surface area (Å²) in [6.07, 6.45) is 0. The van der Waals surface area contributed by atoms with Crippen molar-refractivity contribution in [3.05, 3.63) is 53.8 Å². The number of H-pyrrole nitrogens is 1. The van der Waals surface area contributed by atoms with Crippen molar-refractivity contribution in [1.29, 1.82) is 0 Å². The number of aromatic nitrogens is 2. The maximum absolute atomic E-state index is 13.1. The van der Waals surface area contributed by atoms with Crippen LogP contribution in [0.25, 0.3) is 11.0 Å². The Morgan fingerprint density at radius 3 is 2.89 bits per heavy atom. The van der Waals surface area contributed by atoms with Gasteiger partial charge < -0.3 is 10.3 Å². The third-order valence-electron chi connectivity index (χ3n) is 2.86. The highest BCUT2D eigenvalue weighted by Gasteiger charge is 2.06. The Morgan fingerprint density at radius 2 is 2.05 bits per heavy atom. The van der Waals surface area contributed by atoms with Crippen LogP contribution in [0.3, 0.4) is 0 Å². The molecule has 1 heterocycles. The van der Waals surface area contributed by atoms with Crippen LogP contribution >= 0.6 is 11.6 Å². The average Bonchev–Trinajstić information content (AvgIpc) is 2.80. The molecule has 5 heteroatoms. The van der Waals surface area contributed by atoms with Gasteiger partial charge >= 0.3 is 0 Å². The number of nitrogens with one attached hydrogen (secondary N) is 2. The van der Waals surface area contributed by atoms with Gasteiger partial charge in [-0.1, -0.05) is 18.2 Å². The summed E-state index contributed by atoms with van der Waals surface area (Å²) in [6.45, 7) is 0. The number of anilines is 2. The first-order valence-electron chi connectivity index (χ1n) is 5.82. The summed E-state index contributed by atoms with van der Waals surface area (Å²) in [7, 11) is 0. The second-order valence-corrected chi connectivity index (χ2v) is 4.43. The van der Waals surface area contributed by atoms with Crippen molar-refractivity contribution in [3.63, 3.8) is 0 Å². The van der Waals surface area contributed by atoms with Crippen molar-refractivity contribution in [2.75, 3.05) is 5.32 Å². The van der Waals surface area contributed by atoms with Gasteiger partial charge in [0.1, 0.15) is 5.82 Å². The van der Waals surface area contributed by atoms with Gasteiger partial charge in [-0.15, -0.1) is 11.6 Å². The Hall–Kier alpha value is -2.07. The Morgan fingerprint density at radius 1 is 1.21 bits per heavy atom. The Labute approximate surface area is 114 Å². The zero-order valence-electron chi connectivity index (χ0n) is 9.95. The monoisotopic (exact) mass is 275 g/mol. The van der Waals surface area contributed by atoms with Crippen LogP contribution < -0.4 is 5.32 Å². The molecule has 0 aliphatic rings. The van der Waals surface area contributed by atoms with E-state index in [9.17, 15) is 4.39 Å². The topological polar surface area (TPSA) is 40.7 Å². The van der Waals surface area contributed by atoms with Gasteiger partial charge in [-0.2, -0.15) is 0 Å². The predicted octanol–water partition coefficient (Wildman–Crippen LogP) is 4.18. The van der Waals surface area contributed by atoms with Crippen LogP contribution in [0.2, 0.25) is 0 Å². The van der Waals surface area contributed by atoms with Crippen LogP contribution in [-0.4, -0.2) is 9.97 Å². The molecular formula is C14H11ClFN3. The molecule has 0 unspecified atom stereocenters. The molecule has 0 aliphatic carbocycles. The fourth-order valence-corrected chi connectivity index (χ4v) is 2.16. The van der Waals surface area contributed by atoms with Gasteiger partial charge in [0.2, 0.25) is 5.95 Å². The van der Waals surface area contributed by atoms with Gasteiger partial charge in [0.05, 0.1) is 11.0 Å². The van der Waals surface area contributed by atoms with Gasteiger partial charge in [0, 0.05) is 11.6 Å². The van der Waals surface area contributed by atoms with Gasteiger partial charge in [0.15, 0.2) is 0 Å². The molecule has 2 aromatic carbocycles. The standard InChI is InChI=1S/C14H11ClFN3/c15-8-9-3-1-2-4-11(9)17-14-18-12-6-5-10(16)7-13(12)19-14/h1-7H,8H2,(H2,17,18,19). The zero-order valence-corrected chi connectivity index (χ0v) is 10.7. The summed E-state index contributed by atoms with van der Waals surface area (Å²) in [5.74, 6) is 0.694. The molecule has 0 amide bonds. The molecule has 19 heavy (non-hydrogen) atoms. The highest BCUT2D eigenvalue weighted by Crippen LogP contribution is 2.22. The van der Waals surface area contributed by atoms with Crippen molar-refractivity contribution in [2.24, 2.45) is 0 Å². The minimum atomic E-state index is -0.288. The molecule has 3 rings (SSSR count). The molecule has 0 saturated carbocycles. The number of para-hydroxylation sites is 1. The number of benzene rings is 2. The lowest BCUT2D eigenvalue weighted by atomic mass is 10.2. The van der Waals surface area contributed by atoms with Crippen LogP contribution in [-0.2, 0) is 5.88 Å². The summed E-state index contributed by atoms with van der Waals surface area (Å²) in [5.41, 5.74) is 3.24. The number of nitrogens with zero attached hydrogens (tertiary/aromatic N) is 1. The summed E-state index contributed by atoms with van der Waals surface area (Å²) in [4.78, 5) is 7.38. The van der Waals surface area contributed by atoms with Gasteiger partial charge in [0.25, 0.3) is 0 Å². The van der Waals surface area contributed by atoms with Crippen molar-refractivity contribution in [3.8, 4) is 0 Å². The first-order chi connectivity index (χ1) is 9.26. The summed E-state index contributed by atoms with van der Waals surface area (Å²) >= 11 is 5.88. The number of halogens is 2. The molecule has 0 atom stereocenters. The van der Waals surface area contributed by atoms with E-state index in [-0.39, 0.29) is 5.82 Å². The van der Waals surface area contributed by atoms with Crippen LogP contribution in [0.15, 0.2) is 42.5 Å². The third-order valence-corrected chi connectivity index (χ3v) is 3.15. The minimum absolute atomic E-state index is 0.288. The molecule has 96 valence electrons. The van der Waals surface area contributed by atoms with Crippen LogP contribution in [0, 0.1) is 5.82 Å². The Balaban J connectivity index is 1.96. The van der Waals surface area contributed by atoms with E-state index in [1.54, 1.807) is 6.07 Å². The van der Waals surface area contributed by atoms with E-state index in [0.717, 1.165) is 11.3 Å². The number of rotatable bonds is 3. The molecule has 3 nitrogen and oxygen atoms in total. The van der Waals surface area contributed by atoms with E-state index in [1.807, 2.05) is 24.3 Å². The van der Waals surface area contributed by atoms with Crippen LogP contribution in [0.5, 0.6) is 0 Å². The Bertz CT molecular complexity index is 724. The largest absolute Gasteiger partial charge is 0.325 e. The molecule has 0 spiro atoms. The number of alkyl halides is 1. The van der Waals surface area contributed by atoms with Gasteiger partial charge in [-0.3, -0.25) is 0 Å². The van der Waals surface area contributed by atoms with Crippen LogP contribution in [0.1, 0.15) is 5.56 Å². The normalized spacial score (nSPS) is 10.8. The highest BCUT2D eigenvalue weighted by atomic mass is 35.5. The fraction of sp³-hybridized carbons (Fsp3) is 0.0714. The minimum Gasteiger partial charge on any atom is -0.325 e. The molecule has 0 aliphatic heterocycles. The van der Waals surface area contributed by atoms with E-state index < -0.39 is 0 Å². The lowest BCUT2D eigenvalue weighted by Crippen LogP contribution is -1.95. The first-order valence-corrected chi connectivity index (χ1v) is 6.36. The SMILES string of the molecule is Fc1ccc2nc(Nc3ccccc3CCl)[nH]c2c1. The molecule has 0 radical (unpaired) electrons. The van der Waals surface area contributed by atoms with Crippen molar-refractivity contribution in [2.45, 2.75) is 5.88 Å². The number of hydrogen-bond acceptors (Lipinski definition) is 2. The summed E-state index contributed by atoms with van der Waals surface area (Å²) < 4.78 is 13.1. The van der Waals surface area contributed by atoms with E-state index in [0.29, 0.717) is 22.9 Å². The number of imidazole rings is 1. The van der Waals surface area contributed by atoms with Gasteiger partial charge in [-0.25, -0.2) is 9.37 Å². The second-order valence-electron chi connectivity index (χ2n) is 4.16. The third kappa shape index (κ3) is 2.39. The quantitative estimate of drug-likeness (QED) is 0.704. The van der Waals surface area contributed by atoms with Crippen molar-refractivity contribution < 1.29 is 4.39 Å². The summed E-state index contributed by atoms with van der Waals surface area (Å²) in [6, 6.07) is 12.2. The van der Waals surface area contributed by atoms with E-state index in [2.05, 4.69) is 15.3 Å². The molecular weight excluding hydrogens is 265 g/mol. The smallest absolute Gasteiger partial charge is 0.205 e. The second kappa shape index (κ2) is 4.90. The molecule has 0 saturated heterocycles. The lowest BCUT2D eigenvalue weighted by molar-refractivity contribution is 0.629. The maximum atomic E-state index is 13.1. The summed E-state index contributed by atoms with van der Waals surface area (Å²) in [5, 5.41) is 3.16. The molecule has 2 N–H and O–H groups in total. The van der Waals surface area contributed by atoms with Crippen molar-refractivity contribution >= 4 is 34.3 Å². The number of aromatic amines is 1. The van der Waals surface area contributed by atoms with E-state index in [4.69, 9.17) is 11.6 Å². The molecule has 1 aromatic heterocycles. The first kappa shape index (κ1) is 12.0. The highest BCUT2D eigenvalue weighted by molar-refractivity contribution is 6.17. The molecule has 0 bridgehead atoms. The van der Waals surface area contributed by atoms with Gasteiger partial charge in [-0.05, 0) is 29.8 Å². The zero-order chi connectivity index (χ0) is 13.2. The molecule has 0 fully saturated rings. The van der Waals surface area contributed by atoms with E-state index >= 15 is 0 Å². The maximum Gasteiger partial charge on any atom is 0.205 e. The fourth-order valence-electron chi connectivity index (χ4n) is 1.93. The number of hydrogen-bond donors (Lipinski definition) is 2. The predicted molar refractivity (Wildman–Crippen MR) is 75.3 cm³/mol.